The predicted molar refractivity (Wildman–Crippen MR) is 80.2 cm³/mol. The van der Waals surface area contributed by atoms with Crippen LogP contribution in [0.5, 0.6) is 0 Å². The van der Waals surface area contributed by atoms with Crippen molar-refractivity contribution in [2.45, 2.75) is 96.1 Å². The largest absolute Gasteiger partial charge is 0.748 e. The first-order valence-corrected chi connectivity index (χ1v) is 9.44. The van der Waals surface area contributed by atoms with Gasteiger partial charge in [-0.25, -0.2) is 8.42 Å². The molecule has 0 fully saturated rings. The molecule has 0 rings (SSSR count). The third-order valence-electron chi connectivity index (χ3n) is 3.67. The van der Waals surface area contributed by atoms with Crippen LogP contribution in [0.3, 0.4) is 0 Å². The molecule has 0 aliphatic rings. The van der Waals surface area contributed by atoms with E-state index in [-0.39, 0.29) is 0 Å². The quantitative estimate of drug-likeness (QED) is 0.367. The van der Waals surface area contributed by atoms with Crippen LogP contribution in [-0.4, -0.2) is 18.2 Å². The molecule has 0 saturated heterocycles. The monoisotopic (exact) mass is 291 g/mol. The lowest BCUT2D eigenvalue weighted by Crippen LogP contribution is -2.20. The smallest absolute Gasteiger partial charge is 0.0975 e. The SMILES string of the molecule is CCCCCCCC(CCCCCCC)S(=O)(=O)[O-]. The van der Waals surface area contributed by atoms with Gasteiger partial charge < -0.3 is 4.55 Å². The van der Waals surface area contributed by atoms with Crippen molar-refractivity contribution in [3.63, 3.8) is 0 Å². The van der Waals surface area contributed by atoms with Gasteiger partial charge in [-0.15, -0.1) is 0 Å². The molecule has 116 valence electrons. The average Bonchev–Trinajstić information content (AvgIpc) is 2.34. The summed E-state index contributed by atoms with van der Waals surface area (Å²) in [7, 11) is -4.10. The zero-order valence-electron chi connectivity index (χ0n) is 12.7. The van der Waals surface area contributed by atoms with E-state index in [1.54, 1.807) is 0 Å². The summed E-state index contributed by atoms with van der Waals surface area (Å²) in [6.45, 7) is 4.31. The molecule has 0 aliphatic carbocycles. The zero-order valence-corrected chi connectivity index (χ0v) is 13.5. The molecule has 0 aliphatic heterocycles. The first-order valence-electron chi connectivity index (χ1n) is 7.97. The number of unbranched alkanes of at least 4 members (excludes halogenated alkanes) is 8. The van der Waals surface area contributed by atoms with E-state index in [4.69, 9.17) is 0 Å². The van der Waals surface area contributed by atoms with Crippen LogP contribution in [0.4, 0.5) is 0 Å². The molecule has 0 aromatic carbocycles. The molecule has 3 nitrogen and oxygen atoms in total. The number of hydrogen-bond acceptors (Lipinski definition) is 3. The van der Waals surface area contributed by atoms with Crippen molar-refractivity contribution in [1.82, 2.24) is 0 Å². The Labute approximate surface area is 119 Å². The Morgan fingerprint density at radius 2 is 1.11 bits per heavy atom. The van der Waals surface area contributed by atoms with Crippen molar-refractivity contribution in [3.8, 4) is 0 Å². The van der Waals surface area contributed by atoms with Crippen molar-refractivity contribution < 1.29 is 13.0 Å². The molecule has 0 radical (unpaired) electrons. The predicted octanol–water partition coefficient (Wildman–Crippen LogP) is 4.62. The maximum atomic E-state index is 11.2. The van der Waals surface area contributed by atoms with E-state index >= 15 is 0 Å². The van der Waals surface area contributed by atoms with Gasteiger partial charge in [-0.05, 0) is 12.8 Å². The van der Waals surface area contributed by atoms with Gasteiger partial charge in [0.15, 0.2) is 0 Å². The molecule has 0 bridgehead atoms. The number of rotatable bonds is 13. The fraction of sp³-hybridized carbons (Fsp3) is 1.00. The Bertz CT molecular complexity index is 272. The van der Waals surface area contributed by atoms with Crippen LogP contribution in [0, 0.1) is 0 Å². The van der Waals surface area contributed by atoms with E-state index in [0.29, 0.717) is 12.8 Å². The van der Waals surface area contributed by atoms with Crippen LogP contribution in [0.2, 0.25) is 0 Å². The average molecular weight is 291 g/mol. The maximum absolute atomic E-state index is 11.2. The molecule has 0 N–H and O–H groups in total. The highest BCUT2D eigenvalue weighted by molar-refractivity contribution is 7.86. The van der Waals surface area contributed by atoms with Crippen LogP contribution in [0.25, 0.3) is 0 Å². The summed E-state index contributed by atoms with van der Waals surface area (Å²) in [5.74, 6) is 0. The second kappa shape index (κ2) is 11.7. The lowest BCUT2D eigenvalue weighted by Gasteiger charge is -2.20. The molecule has 0 heterocycles. The Balaban J connectivity index is 3.84. The molecular weight excluding hydrogens is 260 g/mol. The highest BCUT2D eigenvalue weighted by atomic mass is 32.2. The van der Waals surface area contributed by atoms with E-state index in [9.17, 15) is 13.0 Å². The van der Waals surface area contributed by atoms with Crippen LogP contribution in [-0.2, 0) is 10.1 Å². The Hall–Kier alpha value is -0.0900. The summed E-state index contributed by atoms with van der Waals surface area (Å²) >= 11 is 0. The van der Waals surface area contributed by atoms with Gasteiger partial charge in [-0.2, -0.15) is 0 Å². The summed E-state index contributed by atoms with van der Waals surface area (Å²) in [5, 5.41) is -0.643. The topological polar surface area (TPSA) is 57.2 Å². The minimum Gasteiger partial charge on any atom is -0.748 e. The van der Waals surface area contributed by atoms with Gasteiger partial charge in [0.2, 0.25) is 0 Å². The molecule has 0 aromatic rings. The van der Waals surface area contributed by atoms with Crippen molar-refractivity contribution >= 4 is 10.1 Å². The van der Waals surface area contributed by atoms with E-state index in [1.165, 1.54) is 25.7 Å². The third kappa shape index (κ3) is 11.4. The summed E-state index contributed by atoms with van der Waals surface area (Å²) < 4.78 is 33.6. The van der Waals surface area contributed by atoms with Gasteiger partial charge in [-0.1, -0.05) is 78.1 Å². The molecule has 0 aromatic heterocycles. The first kappa shape index (κ1) is 18.9. The highest BCUT2D eigenvalue weighted by Crippen LogP contribution is 2.18. The summed E-state index contributed by atoms with van der Waals surface area (Å²) in [6, 6.07) is 0. The van der Waals surface area contributed by atoms with Gasteiger partial charge in [0.1, 0.15) is 0 Å². The Morgan fingerprint density at radius 3 is 1.42 bits per heavy atom. The summed E-state index contributed by atoms with van der Waals surface area (Å²) in [5.41, 5.74) is 0. The van der Waals surface area contributed by atoms with Crippen molar-refractivity contribution in [2.75, 3.05) is 0 Å². The van der Waals surface area contributed by atoms with Gasteiger partial charge >= 0.3 is 0 Å². The van der Waals surface area contributed by atoms with Crippen molar-refractivity contribution in [2.24, 2.45) is 0 Å². The Kier molecular flexibility index (Phi) is 11.7. The molecular formula is C15H31O3S-. The van der Waals surface area contributed by atoms with Gasteiger partial charge in [0, 0.05) is 5.25 Å². The van der Waals surface area contributed by atoms with Crippen molar-refractivity contribution in [3.05, 3.63) is 0 Å². The minimum atomic E-state index is -4.10. The van der Waals surface area contributed by atoms with E-state index < -0.39 is 15.4 Å². The molecule has 0 unspecified atom stereocenters. The molecule has 0 atom stereocenters. The van der Waals surface area contributed by atoms with Crippen LogP contribution >= 0.6 is 0 Å². The number of hydrogen-bond donors (Lipinski definition) is 0. The minimum absolute atomic E-state index is 0.559. The molecule has 0 amide bonds. The maximum Gasteiger partial charge on any atom is 0.0975 e. The van der Waals surface area contributed by atoms with E-state index in [0.717, 1.165) is 38.5 Å². The van der Waals surface area contributed by atoms with Crippen molar-refractivity contribution in [1.29, 1.82) is 0 Å². The van der Waals surface area contributed by atoms with Gasteiger partial charge in [0.05, 0.1) is 10.1 Å². The normalized spacial score (nSPS) is 12.2. The van der Waals surface area contributed by atoms with Crippen LogP contribution in [0.15, 0.2) is 0 Å². The fourth-order valence-corrected chi connectivity index (χ4v) is 3.29. The fourth-order valence-electron chi connectivity index (χ4n) is 2.38. The lowest BCUT2D eigenvalue weighted by atomic mass is 10.0. The first-order chi connectivity index (χ1) is 9.02. The van der Waals surface area contributed by atoms with Crippen LogP contribution in [0.1, 0.15) is 90.9 Å². The van der Waals surface area contributed by atoms with Gasteiger partial charge in [0.25, 0.3) is 0 Å². The summed E-state index contributed by atoms with van der Waals surface area (Å²) in [6.07, 6.45) is 12.0. The molecule has 0 spiro atoms. The lowest BCUT2D eigenvalue weighted by molar-refractivity contribution is 0.428. The van der Waals surface area contributed by atoms with Gasteiger partial charge in [-0.3, -0.25) is 0 Å². The molecule has 0 saturated carbocycles. The molecule has 4 heteroatoms. The molecule has 19 heavy (non-hydrogen) atoms. The summed E-state index contributed by atoms with van der Waals surface area (Å²) in [4.78, 5) is 0. The van der Waals surface area contributed by atoms with E-state index in [1.807, 2.05) is 0 Å². The Morgan fingerprint density at radius 1 is 0.737 bits per heavy atom. The second-order valence-corrected chi connectivity index (χ2v) is 7.17. The van der Waals surface area contributed by atoms with E-state index in [2.05, 4.69) is 13.8 Å². The van der Waals surface area contributed by atoms with Crippen LogP contribution < -0.4 is 0 Å². The zero-order chi connectivity index (χ0) is 14.6. The third-order valence-corrected chi connectivity index (χ3v) is 4.96. The second-order valence-electron chi connectivity index (χ2n) is 5.52. The standard InChI is InChI=1S/C15H32O3S/c1-3-5-7-9-11-13-15(19(16,17)18)14-12-10-8-6-4-2/h15H,3-14H2,1-2H3,(H,16,17,18)/p-1. The highest BCUT2D eigenvalue weighted by Gasteiger charge is 2.15.